The molecule has 1 aromatic carbocycles. The Morgan fingerprint density at radius 1 is 1.55 bits per heavy atom. The van der Waals surface area contributed by atoms with Crippen LogP contribution in [0.2, 0.25) is 0 Å². The van der Waals surface area contributed by atoms with Gasteiger partial charge in [0.1, 0.15) is 17.3 Å². The molecular weight excluding hydrogens is 333 g/mol. The van der Waals surface area contributed by atoms with E-state index in [4.69, 9.17) is 4.74 Å². The molecule has 0 N–H and O–H groups in total. The molecule has 0 unspecified atom stereocenters. The van der Waals surface area contributed by atoms with Gasteiger partial charge in [0.2, 0.25) is 0 Å². The van der Waals surface area contributed by atoms with Crippen molar-refractivity contribution in [2.75, 3.05) is 0 Å². The maximum absolute atomic E-state index is 13.0. The maximum atomic E-state index is 13.0. The summed E-state index contributed by atoms with van der Waals surface area (Å²) in [5.74, 6) is -0.141. The Bertz CT molecular complexity index is 672. The summed E-state index contributed by atoms with van der Waals surface area (Å²) in [6.07, 6.45) is 0.415. The molecule has 106 valence electrons. The van der Waals surface area contributed by atoms with E-state index in [1.807, 2.05) is 0 Å². The van der Waals surface area contributed by atoms with Crippen LogP contribution in [0.25, 0.3) is 0 Å². The molecule has 0 fully saturated rings. The number of nitrogens with zero attached hydrogens (tertiary/aromatic N) is 3. The molecule has 0 aliphatic carbocycles. The molecule has 0 radical (unpaired) electrons. The van der Waals surface area contributed by atoms with Gasteiger partial charge in [0, 0.05) is 7.05 Å². The third-order valence-corrected chi connectivity index (χ3v) is 3.28. The van der Waals surface area contributed by atoms with Crippen molar-refractivity contribution in [2.45, 2.75) is 13.3 Å². The quantitative estimate of drug-likeness (QED) is 0.628. The van der Waals surface area contributed by atoms with Crippen molar-refractivity contribution in [2.24, 2.45) is 7.05 Å². The number of hydrogen-bond acceptors (Lipinski definition) is 4. The van der Waals surface area contributed by atoms with Gasteiger partial charge in [0.05, 0.1) is 9.40 Å². The van der Waals surface area contributed by atoms with E-state index < -0.39 is 10.7 Å². The molecule has 2 rings (SSSR count). The molecule has 1 aromatic heterocycles. The molecule has 8 heteroatoms. The molecule has 1 heterocycles. The van der Waals surface area contributed by atoms with Crippen molar-refractivity contribution in [1.29, 1.82) is 0 Å². The van der Waals surface area contributed by atoms with Gasteiger partial charge in [-0.25, -0.2) is 9.07 Å². The zero-order valence-electron chi connectivity index (χ0n) is 10.8. The average Bonchev–Trinajstić information content (AvgIpc) is 2.69. The van der Waals surface area contributed by atoms with E-state index in [0.29, 0.717) is 16.6 Å². The first-order chi connectivity index (χ1) is 9.43. The van der Waals surface area contributed by atoms with E-state index in [0.717, 1.165) is 0 Å². The van der Waals surface area contributed by atoms with Crippen LogP contribution >= 0.6 is 15.9 Å². The fourth-order valence-electron chi connectivity index (χ4n) is 1.75. The van der Waals surface area contributed by atoms with Crippen LogP contribution in [0, 0.1) is 15.9 Å². The summed E-state index contributed by atoms with van der Waals surface area (Å²) in [5, 5.41) is 15.2. The minimum Gasteiger partial charge on any atom is -0.433 e. The summed E-state index contributed by atoms with van der Waals surface area (Å²) in [6.45, 7) is 1.77. The summed E-state index contributed by atoms with van der Waals surface area (Å²) in [7, 11) is 1.55. The van der Waals surface area contributed by atoms with E-state index >= 15 is 0 Å². The Morgan fingerprint density at radius 2 is 2.25 bits per heavy atom. The number of aromatic nitrogens is 2. The summed E-state index contributed by atoms with van der Waals surface area (Å²) in [5.41, 5.74) is 0.164. The third-order valence-electron chi connectivity index (χ3n) is 2.66. The number of rotatable bonds is 4. The monoisotopic (exact) mass is 343 g/mol. The maximum Gasteiger partial charge on any atom is 0.353 e. The van der Waals surface area contributed by atoms with Crippen molar-refractivity contribution in [1.82, 2.24) is 9.78 Å². The van der Waals surface area contributed by atoms with Crippen LogP contribution in [0.15, 0.2) is 22.7 Å². The Labute approximate surface area is 122 Å². The van der Waals surface area contributed by atoms with Gasteiger partial charge in [0.15, 0.2) is 0 Å². The van der Waals surface area contributed by atoms with Crippen molar-refractivity contribution in [3.8, 4) is 11.6 Å². The van der Waals surface area contributed by atoms with E-state index in [9.17, 15) is 14.5 Å². The van der Waals surface area contributed by atoms with Gasteiger partial charge in [-0.3, -0.25) is 10.1 Å². The second-order valence-corrected chi connectivity index (χ2v) is 4.87. The van der Waals surface area contributed by atoms with Gasteiger partial charge in [0.25, 0.3) is 5.88 Å². The van der Waals surface area contributed by atoms with Crippen LogP contribution in [0.3, 0.4) is 0 Å². The minimum atomic E-state index is -0.529. The van der Waals surface area contributed by atoms with Gasteiger partial charge in [-0.2, -0.15) is 5.10 Å². The highest BCUT2D eigenvalue weighted by Crippen LogP contribution is 2.37. The molecule has 6 nitrogen and oxygen atoms in total. The summed E-state index contributed by atoms with van der Waals surface area (Å²) >= 11 is 3.15. The smallest absolute Gasteiger partial charge is 0.353 e. The molecular formula is C12H11BrFN3O3. The lowest BCUT2D eigenvalue weighted by molar-refractivity contribution is -0.386. The zero-order valence-corrected chi connectivity index (χ0v) is 12.3. The number of hydrogen-bond donors (Lipinski definition) is 0. The summed E-state index contributed by atoms with van der Waals surface area (Å²) in [4.78, 5) is 10.6. The molecule has 0 saturated carbocycles. The minimum absolute atomic E-state index is 0.0131. The molecule has 20 heavy (non-hydrogen) atoms. The Hall–Kier alpha value is -1.96. The first-order valence-corrected chi connectivity index (χ1v) is 6.56. The summed E-state index contributed by atoms with van der Waals surface area (Å²) < 4.78 is 20.2. The topological polar surface area (TPSA) is 70.2 Å². The molecule has 0 aliphatic heterocycles. The van der Waals surface area contributed by atoms with E-state index in [2.05, 4.69) is 21.0 Å². The standard InChI is InChI=1S/C12H11BrFN3O3/c1-3-9-11(17(18)19)12(16(2)15-9)20-10-5-4-7(14)6-8(10)13/h4-6H,3H2,1-2H3. The number of nitro groups is 1. The summed E-state index contributed by atoms with van der Waals surface area (Å²) in [6, 6.07) is 3.82. The largest absolute Gasteiger partial charge is 0.433 e. The van der Waals surface area contributed by atoms with Gasteiger partial charge in [-0.05, 0) is 40.5 Å². The van der Waals surface area contributed by atoms with Crippen molar-refractivity contribution in [3.63, 3.8) is 0 Å². The normalized spacial score (nSPS) is 10.6. The Kier molecular flexibility index (Phi) is 4.03. The highest BCUT2D eigenvalue weighted by atomic mass is 79.9. The van der Waals surface area contributed by atoms with Gasteiger partial charge in [-0.1, -0.05) is 6.92 Å². The van der Waals surface area contributed by atoms with Gasteiger partial charge in [-0.15, -0.1) is 0 Å². The lowest BCUT2D eigenvalue weighted by atomic mass is 10.3. The second-order valence-electron chi connectivity index (χ2n) is 4.01. The number of aryl methyl sites for hydroxylation is 2. The fraction of sp³-hybridized carbons (Fsp3) is 0.250. The predicted octanol–water partition coefficient (Wildman–Crippen LogP) is 3.58. The van der Waals surface area contributed by atoms with E-state index in [1.54, 1.807) is 14.0 Å². The molecule has 0 amide bonds. The van der Waals surface area contributed by atoms with Crippen molar-refractivity contribution >= 4 is 21.6 Å². The van der Waals surface area contributed by atoms with Crippen LogP contribution in [-0.2, 0) is 13.5 Å². The number of halogens is 2. The molecule has 0 bridgehead atoms. The highest BCUT2D eigenvalue weighted by Gasteiger charge is 2.28. The molecule has 0 saturated heterocycles. The van der Waals surface area contributed by atoms with Crippen molar-refractivity contribution in [3.05, 3.63) is 44.3 Å². The molecule has 0 aliphatic rings. The number of ether oxygens (including phenoxy) is 1. The average molecular weight is 344 g/mol. The van der Waals surface area contributed by atoms with Crippen LogP contribution in [0.4, 0.5) is 10.1 Å². The lowest BCUT2D eigenvalue weighted by Crippen LogP contribution is -1.98. The third kappa shape index (κ3) is 2.64. The first-order valence-electron chi connectivity index (χ1n) is 5.77. The SMILES string of the molecule is CCc1nn(C)c(Oc2ccc(F)cc2Br)c1[N+](=O)[O-]. The van der Waals surface area contributed by atoms with Crippen LogP contribution in [-0.4, -0.2) is 14.7 Å². The molecule has 0 spiro atoms. The predicted molar refractivity (Wildman–Crippen MR) is 73.4 cm³/mol. The van der Waals surface area contributed by atoms with Crippen LogP contribution in [0.1, 0.15) is 12.6 Å². The van der Waals surface area contributed by atoms with Crippen LogP contribution in [0.5, 0.6) is 11.6 Å². The molecule has 0 atom stereocenters. The number of benzene rings is 1. The highest BCUT2D eigenvalue weighted by molar-refractivity contribution is 9.10. The second kappa shape index (κ2) is 5.58. The first kappa shape index (κ1) is 14.4. The lowest BCUT2D eigenvalue weighted by Gasteiger charge is -2.07. The molecule has 2 aromatic rings. The fourth-order valence-corrected chi connectivity index (χ4v) is 2.18. The van der Waals surface area contributed by atoms with E-state index in [1.165, 1.54) is 22.9 Å². The van der Waals surface area contributed by atoms with Crippen LogP contribution < -0.4 is 4.74 Å². The van der Waals surface area contributed by atoms with Gasteiger partial charge >= 0.3 is 5.69 Å². The van der Waals surface area contributed by atoms with Crippen molar-refractivity contribution < 1.29 is 14.1 Å². The zero-order chi connectivity index (χ0) is 14.9. The van der Waals surface area contributed by atoms with E-state index in [-0.39, 0.29) is 17.3 Å². The Balaban J connectivity index is 2.48. The Morgan fingerprint density at radius 3 is 2.80 bits per heavy atom. The van der Waals surface area contributed by atoms with Gasteiger partial charge < -0.3 is 4.74 Å².